The molecule has 22 heavy (non-hydrogen) atoms. The fourth-order valence-corrected chi connectivity index (χ4v) is 4.04. The number of unbranched alkanes of at least 4 members (excludes halogenated alkanes) is 4. The van der Waals surface area contributed by atoms with Gasteiger partial charge in [0, 0.05) is 12.1 Å². The Morgan fingerprint density at radius 1 is 0.864 bits per heavy atom. The molecule has 1 fully saturated rings. The molecule has 1 aliphatic heterocycles. The molecule has 0 aliphatic carbocycles. The fraction of sp³-hybridized carbons (Fsp3) is 1.00. The highest BCUT2D eigenvalue weighted by Gasteiger charge is 2.45. The molecule has 0 saturated carbocycles. The van der Waals surface area contributed by atoms with E-state index in [0.717, 1.165) is 13.2 Å². The number of hydrogen-bond donors (Lipinski definition) is 0. The third-order valence-electron chi connectivity index (χ3n) is 5.44. The Balaban J connectivity index is 2.92. The molecule has 0 amide bonds. The Bertz CT molecular complexity index is 240. The van der Waals surface area contributed by atoms with Gasteiger partial charge in [-0.05, 0) is 32.2 Å². The summed E-state index contributed by atoms with van der Waals surface area (Å²) in [5, 5.41) is 0. The van der Waals surface area contributed by atoms with Crippen LogP contribution in [0.3, 0.4) is 0 Å². The summed E-state index contributed by atoms with van der Waals surface area (Å²) in [6.45, 7) is 12.6. The average molecular weight is 312 g/mol. The molecular weight excluding hydrogens is 270 g/mol. The van der Waals surface area contributed by atoms with Gasteiger partial charge in [0.2, 0.25) is 0 Å². The second kappa shape index (κ2) is 11.5. The maximum atomic E-state index is 6.36. The normalized spacial score (nSPS) is 22.1. The van der Waals surface area contributed by atoms with Crippen LogP contribution in [0, 0.1) is 0 Å². The van der Waals surface area contributed by atoms with Crippen molar-refractivity contribution in [1.82, 2.24) is 4.90 Å². The van der Waals surface area contributed by atoms with E-state index in [-0.39, 0.29) is 0 Å². The van der Waals surface area contributed by atoms with Crippen LogP contribution in [-0.4, -0.2) is 36.2 Å². The predicted octanol–water partition coefficient (Wildman–Crippen LogP) is 5.80. The van der Waals surface area contributed by atoms with Gasteiger partial charge in [-0.3, -0.25) is 4.90 Å². The van der Waals surface area contributed by atoms with Crippen LogP contribution in [0.5, 0.6) is 0 Å². The first-order valence-corrected chi connectivity index (χ1v) is 10.1. The zero-order chi connectivity index (χ0) is 16.3. The molecule has 132 valence electrons. The van der Waals surface area contributed by atoms with Crippen LogP contribution in [0.15, 0.2) is 0 Å². The lowest BCUT2D eigenvalue weighted by Crippen LogP contribution is -2.62. The maximum Gasteiger partial charge on any atom is 0.0759 e. The van der Waals surface area contributed by atoms with Crippen LogP contribution in [-0.2, 0) is 4.74 Å². The van der Waals surface area contributed by atoms with Crippen molar-refractivity contribution in [2.75, 3.05) is 19.7 Å². The van der Waals surface area contributed by atoms with Gasteiger partial charge >= 0.3 is 0 Å². The summed E-state index contributed by atoms with van der Waals surface area (Å²) >= 11 is 0. The van der Waals surface area contributed by atoms with Crippen molar-refractivity contribution in [2.24, 2.45) is 0 Å². The largest absolute Gasteiger partial charge is 0.375 e. The molecule has 1 aliphatic rings. The van der Waals surface area contributed by atoms with E-state index >= 15 is 0 Å². The van der Waals surface area contributed by atoms with Crippen molar-refractivity contribution in [1.29, 1.82) is 0 Å². The summed E-state index contributed by atoms with van der Waals surface area (Å²) in [6.07, 6.45) is 14.9. The van der Waals surface area contributed by atoms with E-state index in [4.69, 9.17) is 4.74 Å². The van der Waals surface area contributed by atoms with E-state index in [1.807, 2.05) is 0 Å². The third kappa shape index (κ3) is 5.53. The standard InChI is InChI=1S/C20H41NO/c1-5-9-13-19-20(14-10-6-2,15-11-7-3)21(16-12-8-4)17-18-22-19/h19H,5-18H2,1-4H3. The Hall–Kier alpha value is -0.0800. The fourth-order valence-electron chi connectivity index (χ4n) is 4.04. The summed E-state index contributed by atoms with van der Waals surface area (Å²) in [4.78, 5) is 2.84. The average Bonchev–Trinajstić information content (AvgIpc) is 2.55. The van der Waals surface area contributed by atoms with Gasteiger partial charge in [0.1, 0.15) is 0 Å². The Labute approximate surface area is 140 Å². The van der Waals surface area contributed by atoms with Gasteiger partial charge in [-0.25, -0.2) is 0 Å². The summed E-state index contributed by atoms with van der Waals surface area (Å²) in [6, 6.07) is 0. The van der Waals surface area contributed by atoms with E-state index in [1.165, 1.54) is 77.2 Å². The summed E-state index contributed by atoms with van der Waals surface area (Å²) < 4.78 is 6.36. The molecule has 0 aromatic carbocycles. The first-order chi connectivity index (χ1) is 10.7. The zero-order valence-corrected chi connectivity index (χ0v) is 15.8. The highest BCUT2D eigenvalue weighted by atomic mass is 16.5. The molecule has 0 N–H and O–H groups in total. The first-order valence-electron chi connectivity index (χ1n) is 10.1. The maximum absolute atomic E-state index is 6.36. The van der Waals surface area contributed by atoms with Gasteiger partial charge in [-0.1, -0.05) is 72.6 Å². The van der Waals surface area contributed by atoms with Gasteiger partial charge in [-0.15, -0.1) is 0 Å². The Morgan fingerprint density at radius 2 is 1.45 bits per heavy atom. The van der Waals surface area contributed by atoms with Crippen LogP contribution >= 0.6 is 0 Å². The SMILES string of the molecule is CCCCC1OCCN(CCCC)C1(CCCC)CCCC. The third-order valence-corrected chi connectivity index (χ3v) is 5.44. The van der Waals surface area contributed by atoms with E-state index < -0.39 is 0 Å². The summed E-state index contributed by atoms with van der Waals surface area (Å²) in [5.41, 5.74) is 0.328. The molecule has 0 spiro atoms. The van der Waals surface area contributed by atoms with Crippen LogP contribution in [0.1, 0.15) is 98.3 Å². The number of nitrogens with zero attached hydrogens (tertiary/aromatic N) is 1. The number of morpholine rings is 1. The molecule has 0 radical (unpaired) electrons. The number of hydrogen-bond acceptors (Lipinski definition) is 2. The molecule has 1 unspecified atom stereocenters. The minimum absolute atomic E-state index is 0.328. The second-order valence-corrected chi connectivity index (χ2v) is 7.15. The summed E-state index contributed by atoms with van der Waals surface area (Å²) in [5.74, 6) is 0. The molecule has 0 aromatic heterocycles. The van der Waals surface area contributed by atoms with E-state index in [0.29, 0.717) is 11.6 Å². The first kappa shape index (κ1) is 20.0. The van der Waals surface area contributed by atoms with Gasteiger partial charge < -0.3 is 4.74 Å². The molecule has 0 aromatic rings. The van der Waals surface area contributed by atoms with E-state index in [2.05, 4.69) is 32.6 Å². The van der Waals surface area contributed by atoms with Gasteiger partial charge in [0.05, 0.1) is 12.7 Å². The lowest BCUT2D eigenvalue weighted by molar-refractivity contribution is -0.139. The van der Waals surface area contributed by atoms with E-state index in [1.54, 1.807) is 0 Å². The van der Waals surface area contributed by atoms with Crippen molar-refractivity contribution in [2.45, 2.75) is 110 Å². The summed E-state index contributed by atoms with van der Waals surface area (Å²) in [7, 11) is 0. The van der Waals surface area contributed by atoms with Crippen molar-refractivity contribution in [3.05, 3.63) is 0 Å². The monoisotopic (exact) mass is 311 g/mol. The van der Waals surface area contributed by atoms with Crippen LogP contribution < -0.4 is 0 Å². The number of ether oxygens (including phenoxy) is 1. The van der Waals surface area contributed by atoms with Crippen molar-refractivity contribution in [3.8, 4) is 0 Å². The molecule has 1 rings (SSSR count). The topological polar surface area (TPSA) is 12.5 Å². The highest BCUT2D eigenvalue weighted by molar-refractivity contribution is 5.00. The molecule has 2 nitrogen and oxygen atoms in total. The van der Waals surface area contributed by atoms with Crippen molar-refractivity contribution >= 4 is 0 Å². The van der Waals surface area contributed by atoms with Crippen molar-refractivity contribution in [3.63, 3.8) is 0 Å². The minimum Gasteiger partial charge on any atom is -0.375 e. The quantitative estimate of drug-likeness (QED) is 0.452. The molecular formula is C20H41NO. The Kier molecular flexibility index (Phi) is 10.4. The molecule has 0 bridgehead atoms. The predicted molar refractivity (Wildman–Crippen MR) is 97.5 cm³/mol. The molecule has 1 saturated heterocycles. The number of rotatable bonds is 12. The van der Waals surface area contributed by atoms with Crippen LogP contribution in [0.25, 0.3) is 0 Å². The van der Waals surface area contributed by atoms with Crippen LogP contribution in [0.2, 0.25) is 0 Å². The van der Waals surface area contributed by atoms with Crippen LogP contribution in [0.4, 0.5) is 0 Å². The molecule has 2 heteroatoms. The molecule has 1 heterocycles. The van der Waals surface area contributed by atoms with Gasteiger partial charge in [0.15, 0.2) is 0 Å². The smallest absolute Gasteiger partial charge is 0.0759 e. The second-order valence-electron chi connectivity index (χ2n) is 7.15. The Morgan fingerprint density at radius 3 is 2.00 bits per heavy atom. The van der Waals surface area contributed by atoms with Crippen molar-refractivity contribution < 1.29 is 4.74 Å². The zero-order valence-electron chi connectivity index (χ0n) is 15.8. The minimum atomic E-state index is 0.328. The van der Waals surface area contributed by atoms with Gasteiger partial charge in [0.25, 0.3) is 0 Å². The lowest BCUT2D eigenvalue weighted by Gasteiger charge is -2.53. The molecule has 1 atom stereocenters. The lowest BCUT2D eigenvalue weighted by atomic mass is 9.77. The van der Waals surface area contributed by atoms with Gasteiger partial charge in [-0.2, -0.15) is 0 Å². The highest BCUT2D eigenvalue weighted by Crippen LogP contribution is 2.38. The van der Waals surface area contributed by atoms with E-state index in [9.17, 15) is 0 Å².